The van der Waals surface area contributed by atoms with Crippen LogP contribution in [0, 0.1) is 47.3 Å². The van der Waals surface area contributed by atoms with E-state index in [1.165, 1.54) is 31.7 Å². The molecule has 0 unspecified atom stereocenters. The summed E-state index contributed by atoms with van der Waals surface area (Å²) >= 11 is 0. The van der Waals surface area contributed by atoms with Crippen molar-refractivity contribution in [3.63, 3.8) is 0 Å². The number of nitrogens with one attached hydrogen (secondary N) is 17. The molecule has 0 spiro atoms. The van der Waals surface area contributed by atoms with E-state index in [9.17, 15) is 111 Å². The Morgan fingerprint density at radius 2 is 0.949 bits per heavy atom. The van der Waals surface area contributed by atoms with Gasteiger partial charge in [0.15, 0.2) is 0 Å². The molecule has 2 aliphatic rings. The zero-order chi connectivity index (χ0) is 104. The van der Waals surface area contributed by atoms with Crippen LogP contribution in [0.4, 0.5) is 0 Å². The van der Waals surface area contributed by atoms with Crippen LogP contribution >= 0.6 is 0 Å². The first-order valence-electron chi connectivity index (χ1n) is 47.9. The van der Waals surface area contributed by atoms with Crippen molar-refractivity contribution in [2.24, 2.45) is 64.5 Å². The minimum Gasteiger partial charge on any atom is -0.458 e. The fraction of sp³-hybridized carbons (Fsp3) is 0.739. The summed E-state index contributed by atoms with van der Waals surface area (Å²) in [7, 11) is 0. The van der Waals surface area contributed by atoms with Gasteiger partial charge < -0.3 is 133 Å². The second-order valence-corrected chi connectivity index (χ2v) is 37.7. The molecule has 45 heteroatoms. The Labute approximate surface area is 803 Å². The van der Waals surface area contributed by atoms with E-state index in [0.29, 0.717) is 38.5 Å². The highest BCUT2D eigenvalue weighted by Gasteiger charge is 2.44. The van der Waals surface area contributed by atoms with Crippen molar-refractivity contribution in [3.05, 3.63) is 23.5 Å². The number of allylic oxidation sites excluding steroid dienone is 2. The second kappa shape index (κ2) is 61.8. The van der Waals surface area contributed by atoms with E-state index in [-0.39, 0.29) is 88.0 Å². The summed E-state index contributed by atoms with van der Waals surface area (Å²) in [6.45, 7) is 29.8. The minimum atomic E-state index is -1.84. The molecule has 0 saturated carbocycles. The lowest BCUT2D eigenvalue weighted by Crippen LogP contribution is -2.62. The summed E-state index contributed by atoms with van der Waals surface area (Å²) in [6, 6.07) is -22.4. The number of ether oxygens (including phenoxy) is 1. The van der Waals surface area contributed by atoms with Crippen LogP contribution in [0.15, 0.2) is 23.5 Å². The predicted octanol–water partition coefficient (Wildman–Crippen LogP) is -3.27. The third kappa shape index (κ3) is 41.9. The van der Waals surface area contributed by atoms with Crippen LogP contribution < -0.4 is 108 Å². The molecule has 137 heavy (non-hydrogen) atoms. The van der Waals surface area contributed by atoms with Gasteiger partial charge in [-0.3, -0.25) is 91.1 Å². The summed E-state index contributed by atoms with van der Waals surface area (Å²) in [5.41, 5.74) is 16.5. The maximum atomic E-state index is 14.6. The van der Waals surface area contributed by atoms with Crippen molar-refractivity contribution in [3.8, 4) is 0 Å². The van der Waals surface area contributed by atoms with Gasteiger partial charge in [0.05, 0.1) is 32.3 Å². The number of carbonyl (C=O) groups is 20. The Balaban J connectivity index is 2.43. The number of nitrogens with two attached hydrogens (primary N) is 3. The van der Waals surface area contributed by atoms with Gasteiger partial charge >= 0.3 is 5.97 Å². The SMILES string of the molecule is C/C=C(\NC(=O)[C@H](NC(=O)[C@@H](CC(C)C)NC(=O)[C@@H](CCC(N)=O)NC(=O)[C@H](NC(=O)[C@H](NC(=O)[C@@H](CC(C)C)NC(=O)[C@H](CO)NC(=O)[C@H](NC(=O)[C@H](CC(C)C)NC(=O)[C@@H](CO)NC(=O)[C@H]1CCCN1C(=O)/C(=C/C)NC(=O)C[C@@H](O)CCCCC)C(C)C)C(C)C)C(C)C)C(C)C)C(=O)N[C@H]1C(=O)N[C@H]([C@H](C)CC)C(=O)NCC(=O)N[C@@H](CCN)C(=O)N[C@@H](CCCCN)C(=O)O[C@H]1C. The van der Waals surface area contributed by atoms with Gasteiger partial charge in [-0.15, -0.1) is 0 Å². The number of amides is 19. The number of hydrogen-bond donors (Lipinski definition) is 23. The summed E-state index contributed by atoms with van der Waals surface area (Å²) < 4.78 is 5.81. The molecule has 2 heterocycles. The molecule has 0 aromatic rings. The van der Waals surface area contributed by atoms with Gasteiger partial charge in [0.1, 0.15) is 108 Å². The maximum Gasteiger partial charge on any atom is 0.328 e. The molecule has 0 bridgehead atoms. The molecule has 19 amide bonds. The van der Waals surface area contributed by atoms with Crippen molar-refractivity contribution >= 4 is 118 Å². The lowest BCUT2D eigenvalue weighted by molar-refractivity contribution is -0.156. The number of aliphatic hydroxyl groups is 3. The van der Waals surface area contributed by atoms with Gasteiger partial charge in [-0.25, -0.2) is 4.79 Å². The Bertz CT molecular complexity index is 4140. The van der Waals surface area contributed by atoms with E-state index in [1.54, 1.807) is 111 Å². The van der Waals surface area contributed by atoms with Gasteiger partial charge in [0.2, 0.25) is 100 Å². The number of nitrogens with zero attached hydrogens (tertiary/aromatic N) is 1. The average molecular weight is 1940 g/mol. The zero-order valence-electron chi connectivity index (χ0n) is 83.4. The minimum absolute atomic E-state index is 0.0162. The topological polar surface area (TPSA) is 697 Å². The van der Waals surface area contributed by atoms with Crippen molar-refractivity contribution in [2.45, 2.75) is 350 Å². The molecule has 26 N–H and O–H groups in total. The molecule has 0 aromatic carbocycles. The van der Waals surface area contributed by atoms with Crippen LogP contribution in [0.3, 0.4) is 0 Å². The van der Waals surface area contributed by atoms with Crippen LogP contribution in [0.1, 0.15) is 248 Å². The smallest absolute Gasteiger partial charge is 0.328 e. The first-order chi connectivity index (χ1) is 64.3. The molecule has 0 aromatic heterocycles. The van der Waals surface area contributed by atoms with E-state index in [1.807, 2.05) is 6.92 Å². The first-order valence-corrected chi connectivity index (χ1v) is 47.9. The molecule has 776 valence electrons. The van der Waals surface area contributed by atoms with Crippen molar-refractivity contribution in [2.75, 3.05) is 39.4 Å². The highest BCUT2D eigenvalue weighted by molar-refractivity contribution is 6.05. The molecular weight excluding hydrogens is 1780 g/mol. The highest BCUT2D eigenvalue weighted by Crippen LogP contribution is 2.23. The summed E-state index contributed by atoms with van der Waals surface area (Å²) in [4.78, 5) is 282. The Kier molecular flexibility index (Phi) is 54.9. The van der Waals surface area contributed by atoms with Gasteiger partial charge in [0, 0.05) is 13.0 Å². The molecule has 0 aliphatic carbocycles. The highest BCUT2D eigenvalue weighted by atomic mass is 16.5. The molecular formula is C92H159N21O24. The number of unbranched alkanes of at least 4 members (excludes halogenated alkanes) is 3. The zero-order valence-corrected chi connectivity index (χ0v) is 83.4. The molecule has 45 nitrogen and oxygen atoms in total. The molecule has 0 radical (unpaired) electrons. The summed E-state index contributed by atoms with van der Waals surface area (Å²) in [6.07, 6.45) is 2.91. The Morgan fingerprint density at radius 3 is 1.39 bits per heavy atom. The van der Waals surface area contributed by atoms with Crippen LogP contribution in [0.2, 0.25) is 0 Å². The molecule has 2 rings (SSSR count). The number of carbonyl (C=O) groups excluding carboxylic acids is 20. The van der Waals surface area contributed by atoms with Crippen LogP contribution in [-0.4, -0.2) is 281 Å². The average Bonchev–Trinajstić information content (AvgIpc) is 1.72. The van der Waals surface area contributed by atoms with Crippen molar-refractivity contribution in [1.82, 2.24) is 95.3 Å². The second-order valence-electron chi connectivity index (χ2n) is 37.7. The van der Waals surface area contributed by atoms with E-state index in [2.05, 4.69) is 90.4 Å². The Hall–Kier alpha value is -11.3. The lowest BCUT2D eigenvalue weighted by Gasteiger charge is -2.31. The van der Waals surface area contributed by atoms with Crippen LogP contribution in [-0.2, 0) is 101 Å². The number of likely N-dealkylation sites (tertiary alicyclic amines) is 1. The fourth-order valence-corrected chi connectivity index (χ4v) is 15.0. The van der Waals surface area contributed by atoms with E-state index in [4.69, 9.17) is 21.9 Å². The van der Waals surface area contributed by atoms with Crippen LogP contribution in [0.5, 0.6) is 0 Å². The number of primary amides is 1. The number of hydrogen-bond acceptors (Lipinski definition) is 26. The number of cyclic esters (lactones) is 1. The number of aliphatic hydroxyl groups excluding tert-OH is 3. The monoisotopic (exact) mass is 1940 g/mol. The van der Waals surface area contributed by atoms with Gasteiger partial charge in [-0.2, -0.15) is 0 Å². The van der Waals surface area contributed by atoms with Crippen molar-refractivity contribution < 1.29 is 116 Å². The lowest BCUT2D eigenvalue weighted by atomic mass is 9.97. The molecule has 2 aliphatic heterocycles. The van der Waals surface area contributed by atoms with E-state index in [0.717, 1.165) is 18.9 Å². The normalized spacial score (nSPS) is 19.7. The third-order valence-electron chi connectivity index (χ3n) is 23.1. The summed E-state index contributed by atoms with van der Waals surface area (Å²) in [5.74, 6) is -23.1. The standard InChI is InChI=1S/C92H159N21O24/c1-21-25-26-30-55(116)42-68(118)97-57(24-4)91(135)113-38-29-32-66(113)84(128)105-64(44-114)82(126)103-62(40-47(7)8)80(124)108-71(50(13)14)88(132)106-65(45-115)83(127)104-63(41-48(9)10)81(125)109-73(52(17)18)89(133)110-72(51(15)16)87(131)100-58(33-34-67(95)117)77(121)102-61(39-46(5)6)79(123)107-70(49(11)12)86(130)99-56(23-3)76(120)112-75-54(20)137-92(136)60(31-27-28-36-93)101-78(122)59(35-37-94)98-69(119)43-96-85(129)74(53(19)22-2)111-90(75)134/h23-24,46-55,58-66,70-75,114-116H,21-22,25-45,93-94H2,1-20H3,(H2,95,117)(H,96,129)(H,97,118)(H,98,119)(H,99,130)(H,100,131)(H,101,122)(H,102,121)(H,103,126)(H,104,127)(H,105,128)(H,106,132)(H,107,123)(H,108,124)(H,109,125)(H,110,133)(H,111,134)(H,112,120)/b56-23-,57-24-/t53-,54+,55+,58-,59+,60+,61-,62+,63-,64-,65+,66-,70-,71-,72-,73-,74-,75-/m1/s1. The fourth-order valence-electron chi connectivity index (χ4n) is 15.0. The predicted molar refractivity (Wildman–Crippen MR) is 505 cm³/mol. The maximum absolute atomic E-state index is 14.6. The quantitative estimate of drug-likeness (QED) is 0.0161. The number of esters is 1. The van der Waals surface area contributed by atoms with E-state index < -0.39 is 289 Å². The summed E-state index contributed by atoms with van der Waals surface area (Å²) in [5, 5.41) is 74.8. The molecule has 2 saturated heterocycles. The van der Waals surface area contributed by atoms with Gasteiger partial charge in [0.25, 0.3) is 11.8 Å². The van der Waals surface area contributed by atoms with Crippen molar-refractivity contribution in [1.29, 1.82) is 0 Å². The van der Waals surface area contributed by atoms with Gasteiger partial charge in [-0.1, -0.05) is 156 Å². The largest absolute Gasteiger partial charge is 0.458 e. The molecule has 18 atom stereocenters. The molecule has 2 fully saturated rings. The Morgan fingerprint density at radius 1 is 0.496 bits per heavy atom. The first kappa shape index (κ1) is 122. The van der Waals surface area contributed by atoms with Crippen LogP contribution in [0.25, 0.3) is 0 Å². The van der Waals surface area contributed by atoms with Gasteiger partial charge in [-0.05, 0) is 152 Å². The number of rotatable bonds is 55. The third-order valence-corrected chi connectivity index (χ3v) is 23.1. The van der Waals surface area contributed by atoms with E-state index >= 15 is 0 Å².